The summed E-state index contributed by atoms with van der Waals surface area (Å²) in [4.78, 5) is 13.1. The molecule has 1 rings (SSSR count). The van der Waals surface area contributed by atoms with Crippen molar-refractivity contribution < 1.29 is 51.8 Å². The van der Waals surface area contributed by atoms with E-state index in [0.717, 1.165) is 38.5 Å². The number of carbonyl (C=O) groups is 1. The number of aliphatic hydroxyl groups is 4. The molecule has 384 valence electrons. The van der Waals surface area contributed by atoms with Gasteiger partial charge in [0.25, 0.3) is 0 Å². The first kappa shape index (κ1) is 61.6. The van der Waals surface area contributed by atoms with E-state index in [1.807, 2.05) is 6.08 Å². The molecular weight excluding hydrogens is 847 g/mol. The van der Waals surface area contributed by atoms with Crippen molar-refractivity contribution in [3.63, 3.8) is 0 Å². The molecule has 1 aliphatic rings. The van der Waals surface area contributed by atoms with Crippen LogP contribution in [-0.4, -0.2) is 95.4 Å². The number of rotatable bonds is 46. The van der Waals surface area contributed by atoms with Gasteiger partial charge in [-0.2, -0.15) is 8.42 Å². The second-order valence-electron chi connectivity index (χ2n) is 18.8. The van der Waals surface area contributed by atoms with Gasteiger partial charge in [0.2, 0.25) is 5.91 Å². The molecule has 12 nitrogen and oxygen atoms in total. The summed E-state index contributed by atoms with van der Waals surface area (Å²) in [6, 6.07) is -0.942. The molecule has 0 aliphatic carbocycles. The highest BCUT2D eigenvalue weighted by atomic mass is 32.3. The van der Waals surface area contributed by atoms with Crippen molar-refractivity contribution >= 4 is 16.3 Å². The Labute approximate surface area is 397 Å². The lowest BCUT2D eigenvalue weighted by Gasteiger charge is -2.41. The van der Waals surface area contributed by atoms with Gasteiger partial charge in [-0.25, -0.2) is 4.18 Å². The topological polar surface area (TPSA) is 192 Å². The fourth-order valence-electron chi connectivity index (χ4n) is 8.57. The molecule has 0 spiro atoms. The molecule has 13 heteroatoms. The summed E-state index contributed by atoms with van der Waals surface area (Å²) < 4.78 is 47.7. The number of ether oxygens (including phenoxy) is 2. The van der Waals surface area contributed by atoms with Crippen LogP contribution in [0.4, 0.5) is 0 Å². The molecule has 0 aromatic rings. The first-order chi connectivity index (χ1) is 31.5. The summed E-state index contributed by atoms with van der Waals surface area (Å²) in [5, 5.41) is 44.8. The van der Waals surface area contributed by atoms with Crippen LogP contribution in [0.25, 0.3) is 0 Å². The van der Waals surface area contributed by atoms with Crippen molar-refractivity contribution in [3.05, 3.63) is 24.3 Å². The van der Waals surface area contributed by atoms with Crippen molar-refractivity contribution in [2.24, 2.45) is 0 Å². The van der Waals surface area contributed by atoms with Gasteiger partial charge in [-0.15, -0.1) is 0 Å². The number of unbranched alkanes of at least 4 members (excludes halogenated alkanes) is 32. The van der Waals surface area contributed by atoms with Crippen LogP contribution in [0.15, 0.2) is 24.3 Å². The van der Waals surface area contributed by atoms with Crippen molar-refractivity contribution in [1.29, 1.82) is 0 Å². The average molecular weight is 946 g/mol. The number of amides is 1. The normalized spacial score (nSPS) is 20.3. The molecular formula is C52H99NO11S. The van der Waals surface area contributed by atoms with Crippen molar-refractivity contribution in [3.8, 4) is 0 Å². The Bertz CT molecular complexity index is 1250. The lowest BCUT2D eigenvalue weighted by molar-refractivity contribution is -0.298. The Morgan fingerprint density at radius 2 is 0.985 bits per heavy atom. The summed E-state index contributed by atoms with van der Waals surface area (Å²) in [7, 11) is -5.08. The molecule has 6 N–H and O–H groups in total. The number of nitrogens with one attached hydrogen (secondary N) is 1. The Balaban J connectivity index is 2.34. The summed E-state index contributed by atoms with van der Waals surface area (Å²) >= 11 is 0. The van der Waals surface area contributed by atoms with Crippen LogP contribution < -0.4 is 5.32 Å². The summed E-state index contributed by atoms with van der Waals surface area (Å²) in [6.45, 7) is 3.39. The number of hydrogen-bond donors (Lipinski definition) is 6. The Morgan fingerprint density at radius 1 is 0.600 bits per heavy atom. The van der Waals surface area contributed by atoms with Gasteiger partial charge in [0.15, 0.2) is 6.29 Å². The van der Waals surface area contributed by atoms with Crippen LogP contribution >= 0.6 is 0 Å². The number of allylic oxidation sites excluding steroid dienone is 3. The van der Waals surface area contributed by atoms with Crippen LogP contribution in [0.1, 0.15) is 245 Å². The minimum atomic E-state index is -5.08. The molecule has 1 saturated heterocycles. The summed E-state index contributed by atoms with van der Waals surface area (Å²) in [5.41, 5.74) is 0. The zero-order valence-corrected chi connectivity index (χ0v) is 42.1. The molecule has 0 bridgehead atoms. The minimum absolute atomic E-state index is 0.263. The van der Waals surface area contributed by atoms with Gasteiger partial charge in [0.05, 0.1) is 25.4 Å². The molecule has 65 heavy (non-hydrogen) atoms. The van der Waals surface area contributed by atoms with E-state index in [4.69, 9.17) is 9.47 Å². The molecule has 0 aromatic heterocycles. The zero-order chi connectivity index (χ0) is 47.6. The summed E-state index contributed by atoms with van der Waals surface area (Å²) in [5.74, 6) is -0.263. The standard InChI is InChI=1S/C52H99NO11S/c1-3-5-7-9-11-13-15-17-18-19-20-21-22-23-24-25-26-27-28-29-30-32-34-36-38-40-42-48(56)53-45(46(55)41-39-37-35-33-31-16-14-12-10-8-6-4-2)44-62-52-50(58)51(64-65(59,60)61)49(57)47(43-54)63-52/h23-24,39,41,45-47,49-52,54-55,57-58H,3-22,25-38,40,42-44H2,1-2H3,(H,53,56)(H,59,60,61)/b24-23-,41-39+. The third-order valence-electron chi connectivity index (χ3n) is 12.7. The second-order valence-corrected chi connectivity index (χ2v) is 19.9. The van der Waals surface area contributed by atoms with E-state index in [2.05, 4.69) is 35.5 Å². The maximum absolute atomic E-state index is 13.1. The van der Waals surface area contributed by atoms with Gasteiger partial charge in [0, 0.05) is 6.42 Å². The van der Waals surface area contributed by atoms with E-state index < -0.39 is 59.9 Å². The zero-order valence-electron chi connectivity index (χ0n) is 41.3. The molecule has 1 heterocycles. The van der Waals surface area contributed by atoms with Gasteiger partial charge in [-0.1, -0.05) is 218 Å². The van der Waals surface area contributed by atoms with Gasteiger partial charge >= 0.3 is 10.4 Å². The SMILES string of the molecule is CCCCCCCCCCCC/C=C/C(O)C(COC1OC(CO)C(O)C(OS(=O)(=O)O)C1O)NC(=O)CCCCCCCCCCCC/C=C\CCCCCCCCCCCCCC. The lowest BCUT2D eigenvalue weighted by atomic mass is 9.99. The quantitative estimate of drug-likeness (QED) is 0.0193. The van der Waals surface area contributed by atoms with E-state index in [9.17, 15) is 38.2 Å². The van der Waals surface area contributed by atoms with Crippen molar-refractivity contribution in [2.75, 3.05) is 13.2 Å². The van der Waals surface area contributed by atoms with E-state index in [1.54, 1.807) is 6.08 Å². The fraction of sp³-hybridized carbons (Fsp3) is 0.904. The van der Waals surface area contributed by atoms with E-state index in [0.29, 0.717) is 6.42 Å². The Hall–Kier alpha value is -1.42. The van der Waals surface area contributed by atoms with E-state index >= 15 is 0 Å². The maximum Gasteiger partial charge on any atom is 0.397 e. The lowest BCUT2D eigenvalue weighted by Crippen LogP contribution is -2.61. The highest BCUT2D eigenvalue weighted by molar-refractivity contribution is 7.80. The van der Waals surface area contributed by atoms with Crippen LogP contribution in [-0.2, 0) is 28.9 Å². The summed E-state index contributed by atoms with van der Waals surface area (Å²) in [6.07, 6.45) is 42.3. The van der Waals surface area contributed by atoms with Crippen LogP contribution in [0.2, 0.25) is 0 Å². The minimum Gasteiger partial charge on any atom is -0.394 e. The highest BCUT2D eigenvalue weighted by Crippen LogP contribution is 2.26. The molecule has 1 fully saturated rings. The fourth-order valence-corrected chi connectivity index (χ4v) is 9.08. The third kappa shape index (κ3) is 35.4. The third-order valence-corrected chi connectivity index (χ3v) is 13.2. The second kappa shape index (κ2) is 42.7. The predicted octanol–water partition coefficient (Wildman–Crippen LogP) is 11.7. The number of aliphatic hydroxyl groups excluding tert-OH is 4. The highest BCUT2D eigenvalue weighted by Gasteiger charge is 2.48. The largest absolute Gasteiger partial charge is 0.397 e. The predicted molar refractivity (Wildman–Crippen MR) is 264 cm³/mol. The van der Waals surface area contributed by atoms with Gasteiger partial charge < -0.3 is 35.2 Å². The van der Waals surface area contributed by atoms with Crippen LogP contribution in [0.3, 0.4) is 0 Å². The average Bonchev–Trinajstić information content (AvgIpc) is 3.28. The Morgan fingerprint density at radius 3 is 1.38 bits per heavy atom. The number of carbonyl (C=O) groups excluding carboxylic acids is 1. The van der Waals surface area contributed by atoms with Gasteiger partial charge in [-0.3, -0.25) is 9.35 Å². The smallest absolute Gasteiger partial charge is 0.394 e. The molecule has 7 unspecified atom stereocenters. The molecule has 1 aliphatic heterocycles. The van der Waals surface area contributed by atoms with Crippen LogP contribution in [0, 0.1) is 0 Å². The molecule has 0 radical (unpaired) electrons. The molecule has 7 atom stereocenters. The first-order valence-electron chi connectivity index (χ1n) is 26.7. The molecule has 0 aromatic carbocycles. The van der Waals surface area contributed by atoms with Gasteiger partial charge in [-0.05, 0) is 44.9 Å². The van der Waals surface area contributed by atoms with E-state index in [1.165, 1.54) is 180 Å². The first-order valence-corrected chi connectivity index (χ1v) is 28.1. The van der Waals surface area contributed by atoms with Gasteiger partial charge in [0.1, 0.15) is 24.4 Å². The van der Waals surface area contributed by atoms with Crippen molar-refractivity contribution in [2.45, 2.75) is 288 Å². The Kier molecular flexibility index (Phi) is 40.4. The monoisotopic (exact) mass is 946 g/mol. The number of hydrogen-bond acceptors (Lipinski definition) is 10. The maximum atomic E-state index is 13.1. The van der Waals surface area contributed by atoms with Crippen LogP contribution in [0.5, 0.6) is 0 Å². The van der Waals surface area contributed by atoms with E-state index in [-0.39, 0.29) is 18.9 Å². The van der Waals surface area contributed by atoms with Crippen molar-refractivity contribution in [1.82, 2.24) is 5.32 Å². The molecule has 0 saturated carbocycles. The molecule has 1 amide bonds.